The Bertz CT molecular complexity index is 1480. The minimum Gasteiger partial charge on any atom is -0.388 e. The fraction of sp³-hybridized carbons (Fsp3) is 0.226. The largest absolute Gasteiger partial charge is 0.388 e. The molecule has 4 aromatic rings. The summed E-state index contributed by atoms with van der Waals surface area (Å²) in [5, 5.41) is 7.95. The number of hydrogen-bond acceptors (Lipinski definition) is 5. The number of carbonyl (C=O) groups excluding carboxylic acids is 1. The molecule has 1 atom stereocenters. The van der Waals surface area contributed by atoms with Gasteiger partial charge in [-0.15, -0.1) is 0 Å². The topological polar surface area (TPSA) is 75.9 Å². The van der Waals surface area contributed by atoms with Crippen molar-refractivity contribution in [3.05, 3.63) is 108 Å². The Labute approximate surface area is 227 Å². The summed E-state index contributed by atoms with van der Waals surface area (Å²) in [5.74, 6) is 0.273. The lowest BCUT2D eigenvalue weighted by molar-refractivity contribution is -0.131. The Morgan fingerprint density at radius 1 is 1.13 bits per heavy atom. The molecule has 1 saturated heterocycles. The summed E-state index contributed by atoms with van der Waals surface area (Å²) in [4.78, 5) is 24.0. The van der Waals surface area contributed by atoms with Crippen molar-refractivity contribution < 1.29 is 9.18 Å². The maximum absolute atomic E-state index is 13.5. The van der Waals surface area contributed by atoms with Crippen LogP contribution in [0, 0.1) is 5.82 Å². The Morgan fingerprint density at radius 2 is 1.90 bits per heavy atom. The van der Waals surface area contributed by atoms with E-state index in [9.17, 15) is 9.18 Å². The van der Waals surface area contributed by atoms with E-state index in [1.165, 1.54) is 12.1 Å². The fourth-order valence-corrected chi connectivity index (χ4v) is 4.90. The number of nitrogens with one attached hydrogen (secondary N) is 1. The lowest BCUT2D eigenvalue weighted by Gasteiger charge is -2.33. The van der Waals surface area contributed by atoms with Crippen LogP contribution in [0.15, 0.2) is 91.3 Å². The van der Waals surface area contributed by atoms with Gasteiger partial charge in [0.2, 0.25) is 5.91 Å². The lowest BCUT2D eigenvalue weighted by Crippen LogP contribution is -2.39. The van der Waals surface area contributed by atoms with E-state index in [2.05, 4.69) is 21.9 Å². The first-order valence-electron chi connectivity index (χ1n) is 13.1. The molecular formula is C31H31FN6O. The molecule has 1 N–H and O–H groups in total. The van der Waals surface area contributed by atoms with E-state index >= 15 is 0 Å². The highest BCUT2D eigenvalue weighted by Crippen LogP contribution is 2.32. The van der Waals surface area contributed by atoms with Gasteiger partial charge in [-0.25, -0.2) is 19.0 Å². The summed E-state index contributed by atoms with van der Waals surface area (Å²) in [5.41, 5.74) is 5.26. The molecule has 198 valence electrons. The maximum Gasteiger partial charge on any atom is 0.250 e. The van der Waals surface area contributed by atoms with Crippen LogP contribution in [0.2, 0.25) is 0 Å². The van der Waals surface area contributed by atoms with Crippen LogP contribution in [-0.4, -0.2) is 50.7 Å². The molecule has 39 heavy (non-hydrogen) atoms. The summed E-state index contributed by atoms with van der Waals surface area (Å²) in [7, 11) is 1.89. The number of aromatic nitrogens is 4. The van der Waals surface area contributed by atoms with Crippen LogP contribution in [0.5, 0.6) is 0 Å². The van der Waals surface area contributed by atoms with Crippen LogP contribution in [0.1, 0.15) is 36.4 Å². The third-order valence-electron chi connectivity index (χ3n) is 6.92. The Hall–Kier alpha value is -4.59. The summed E-state index contributed by atoms with van der Waals surface area (Å²) in [6, 6.07) is 18.0. The molecule has 1 unspecified atom stereocenters. The number of allylic oxidation sites excluding steroid dienone is 1. The third kappa shape index (κ3) is 6.12. The molecule has 2 aromatic carbocycles. The van der Waals surface area contributed by atoms with Crippen molar-refractivity contribution in [3.8, 4) is 17.2 Å². The molecule has 8 heteroatoms. The van der Waals surface area contributed by atoms with Gasteiger partial charge < -0.3 is 10.2 Å². The maximum atomic E-state index is 13.5. The quantitative estimate of drug-likeness (QED) is 0.293. The van der Waals surface area contributed by atoms with Gasteiger partial charge in [0, 0.05) is 49.7 Å². The second-order valence-electron chi connectivity index (χ2n) is 9.61. The van der Waals surface area contributed by atoms with E-state index in [1.54, 1.807) is 35.3 Å². The molecule has 0 radical (unpaired) electrons. The van der Waals surface area contributed by atoms with Crippen LogP contribution in [0.25, 0.3) is 23.3 Å². The minimum atomic E-state index is -0.297. The number of anilines is 1. The van der Waals surface area contributed by atoms with Crippen LogP contribution in [-0.2, 0) is 4.79 Å². The van der Waals surface area contributed by atoms with Gasteiger partial charge in [-0.2, -0.15) is 5.10 Å². The smallest absolute Gasteiger partial charge is 0.250 e. The van der Waals surface area contributed by atoms with Crippen LogP contribution in [0.3, 0.4) is 0 Å². The number of likely N-dealkylation sites (tertiary alicyclic amines) is 1. The molecule has 1 fully saturated rings. The number of rotatable bonds is 8. The van der Waals surface area contributed by atoms with Crippen LogP contribution in [0.4, 0.5) is 10.1 Å². The van der Waals surface area contributed by atoms with Gasteiger partial charge in [-0.3, -0.25) is 4.79 Å². The molecule has 2 aromatic heterocycles. The average Bonchev–Trinajstić information content (AvgIpc) is 3.43. The lowest BCUT2D eigenvalue weighted by atomic mass is 9.93. The van der Waals surface area contributed by atoms with Gasteiger partial charge in [0.1, 0.15) is 5.82 Å². The van der Waals surface area contributed by atoms with E-state index < -0.39 is 0 Å². The summed E-state index contributed by atoms with van der Waals surface area (Å²) in [6.45, 7) is 5.40. The van der Waals surface area contributed by atoms with Crippen molar-refractivity contribution in [1.82, 2.24) is 24.6 Å². The molecular weight excluding hydrogens is 491 g/mol. The van der Waals surface area contributed by atoms with Crippen LogP contribution >= 0.6 is 0 Å². The minimum absolute atomic E-state index is 0.0528. The van der Waals surface area contributed by atoms with Crippen molar-refractivity contribution in [1.29, 1.82) is 0 Å². The fourth-order valence-electron chi connectivity index (χ4n) is 4.90. The number of carbonyl (C=O) groups is 1. The van der Waals surface area contributed by atoms with Crippen molar-refractivity contribution in [2.45, 2.75) is 25.2 Å². The standard InChI is InChI=1S/C31H31FN6O/c1-22(10-11-23-7-3-4-9-27(23)33-2)19-30(39)37-18-5-8-25(21-37)29-20-28(24-12-14-26(32)15-13-24)36-38(29)31-34-16-6-17-35-31/h3-4,6-7,9-17,20,25,33H,1,5,8,18-19,21H2,2H3/b11-10+. The monoisotopic (exact) mass is 522 g/mol. The van der Waals surface area contributed by atoms with Gasteiger partial charge in [0.05, 0.1) is 17.8 Å². The van der Waals surface area contributed by atoms with Crippen LogP contribution < -0.4 is 5.32 Å². The van der Waals surface area contributed by atoms with Crippen molar-refractivity contribution in [3.63, 3.8) is 0 Å². The van der Waals surface area contributed by atoms with Crippen molar-refractivity contribution in [2.24, 2.45) is 0 Å². The molecule has 3 heterocycles. The molecule has 1 aliphatic heterocycles. The highest BCUT2D eigenvalue weighted by molar-refractivity contribution is 5.80. The van der Waals surface area contributed by atoms with Crippen molar-refractivity contribution in [2.75, 3.05) is 25.5 Å². The van der Waals surface area contributed by atoms with E-state index in [0.29, 0.717) is 24.7 Å². The third-order valence-corrected chi connectivity index (χ3v) is 6.92. The Morgan fingerprint density at radius 3 is 2.67 bits per heavy atom. The highest BCUT2D eigenvalue weighted by Gasteiger charge is 2.28. The van der Waals surface area contributed by atoms with Gasteiger partial charge in [-0.05, 0) is 66.4 Å². The summed E-state index contributed by atoms with van der Waals surface area (Å²) >= 11 is 0. The molecule has 5 rings (SSSR count). The molecule has 0 spiro atoms. The zero-order valence-corrected chi connectivity index (χ0v) is 21.9. The first-order chi connectivity index (χ1) is 19.0. The Balaban J connectivity index is 1.33. The average molecular weight is 523 g/mol. The second kappa shape index (κ2) is 11.9. The first-order valence-corrected chi connectivity index (χ1v) is 13.1. The molecule has 0 saturated carbocycles. The SMILES string of the molecule is C=C(/C=C/c1ccccc1NC)CC(=O)N1CCCC(c2cc(-c3ccc(F)cc3)nn2-c2ncccn2)C1. The number of benzene rings is 2. The number of nitrogens with zero attached hydrogens (tertiary/aromatic N) is 5. The number of para-hydroxylation sites is 1. The summed E-state index contributed by atoms with van der Waals surface area (Å²) in [6.07, 6.45) is 9.29. The second-order valence-corrected chi connectivity index (χ2v) is 9.61. The predicted octanol–water partition coefficient (Wildman–Crippen LogP) is 5.88. The van der Waals surface area contributed by atoms with Crippen molar-refractivity contribution >= 4 is 17.7 Å². The summed E-state index contributed by atoms with van der Waals surface area (Å²) < 4.78 is 15.3. The number of hydrogen-bond donors (Lipinski definition) is 1. The predicted molar refractivity (Wildman–Crippen MR) is 152 cm³/mol. The highest BCUT2D eigenvalue weighted by atomic mass is 19.1. The molecule has 0 aliphatic carbocycles. The van der Waals surface area contributed by atoms with E-state index in [0.717, 1.165) is 40.9 Å². The van der Waals surface area contributed by atoms with Gasteiger partial charge in [-0.1, -0.05) is 36.9 Å². The number of piperidine rings is 1. The molecule has 7 nitrogen and oxygen atoms in total. The van der Waals surface area contributed by atoms with E-state index in [1.807, 2.05) is 54.4 Å². The molecule has 1 amide bonds. The Kier molecular flexibility index (Phi) is 7.91. The number of amides is 1. The molecule has 1 aliphatic rings. The zero-order valence-electron chi connectivity index (χ0n) is 21.9. The van der Waals surface area contributed by atoms with Gasteiger partial charge in [0.25, 0.3) is 5.95 Å². The first kappa shape index (κ1) is 26.0. The normalized spacial score (nSPS) is 15.4. The zero-order chi connectivity index (χ0) is 27.2. The van der Waals surface area contributed by atoms with E-state index in [4.69, 9.17) is 5.10 Å². The molecule has 0 bridgehead atoms. The van der Waals surface area contributed by atoms with Gasteiger partial charge >= 0.3 is 0 Å². The number of halogens is 1. The van der Waals surface area contributed by atoms with Gasteiger partial charge in [0.15, 0.2) is 0 Å². The van der Waals surface area contributed by atoms with E-state index in [-0.39, 0.29) is 24.1 Å².